The third kappa shape index (κ3) is 3.29. The Hall–Kier alpha value is -0.940. The maximum Gasteiger partial charge on any atom is 0.315 e. The number of carbonyl (C=O) groups is 1. The number of thioether (sulfide) groups is 1. The lowest BCUT2D eigenvalue weighted by atomic mass is 10.2. The highest BCUT2D eigenvalue weighted by Crippen LogP contribution is 2.27. The van der Waals surface area contributed by atoms with Crippen LogP contribution in [0.4, 0.5) is 9.18 Å². The minimum absolute atomic E-state index is 0.00979. The first kappa shape index (κ1) is 13.5. The Balaban J connectivity index is 1.97. The molecule has 1 heterocycles. The summed E-state index contributed by atoms with van der Waals surface area (Å²) >= 11 is 7.44. The molecule has 1 aliphatic heterocycles. The van der Waals surface area contributed by atoms with Crippen LogP contribution in [0.2, 0.25) is 5.02 Å². The Morgan fingerprint density at radius 2 is 2.28 bits per heavy atom. The summed E-state index contributed by atoms with van der Waals surface area (Å²) in [5, 5.41) is 5.99. The fourth-order valence-electron chi connectivity index (χ4n) is 1.81. The van der Waals surface area contributed by atoms with E-state index in [0.29, 0.717) is 16.3 Å². The van der Waals surface area contributed by atoms with Crippen molar-refractivity contribution in [1.82, 2.24) is 10.6 Å². The largest absolute Gasteiger partial charge is 0.336 e. The molecule has 1 aromatic carbocycles. The molecule has 6 heteroatoms. The van der Waals surface area contributed by atoms with Crippen molar-refractivity contribution in [1.29, 1.82) is 0 Å². The zero-order valence-electron chi connectivity index (χ0n) is 9.87. The third-order valence-electron chi connectivity index (χ3n) is 2.73. The molecule has 2 rings (SSSR count). The Bertz CT molecular complexity index is 437. The first-order valence-corrected chi connectivity index (χ1v) is 7.10. The summed E-state index contributed by atoms with van der Waals surface area (Å²) < 4.78 is 13.6. The Morgan fingerprint density at radius 1 is 1.50 bits per heavy atom. The average Bonchev–Trinajstić information content (AvgIpc) is 2.27. The first-order valence-electron chi connectivity index (χ1n) is 5.68. The molecule has 3 nitrogen and oxygen atoms in total. The lowest BCUT2D eigenvalue weighted by Crippen LogP contribution is -2.52. The number of hydrogen-bond donors (Lipinski definition) is 2. The van der Waals surface area contributed by atoms with E-state index < -0.39 is 0 Å². The van der Waals surface area contributed by atoms with Crippen LogP contribution in [-0.2, 0) is 5.75 Å². The van der Waals surface area contributed by atoms with Gasteiger partial charge in [-0.15, -0.1) is 11.8 Å². The van der Waals surface area contributed by atoms with E-state index in [4.69, 9.17) is 11.6 Å². The van der Waals surface area contributed by atoms with E-state index in [9.17, 15) is 9.18 Å². The van der Waals surface area contributed by atoms with Gasteiger partial charge in [-0.1, -0.05) is 17.7 Å². The summed E-state index contributed by atoms with van der Waals surface area (Å²) in [5.41, 5.74) is 0.490. The van der Waals surface area contributed by atoms with Crippen LogP contribution in [0, 0.1) is 5.82 Å². The van der Waals surface area contributed by atoms with Crippen LogP contribution in [0.1, 0.15) is 18.9 Å². The number of amides is 2. The number of hydrogen-bond acceptors (Lipinski definition) is 2. The van der Waals surface area contributed by atoms with Gasteiger partial charge in [0.05, 0.1) is 5.37 Å². The second-order valence-corrected chi connectivity index (χ2v) is 5.85. The second kappa shape index (κ2) is 5.80. The molecule has 0 saturated carbocycles. The molecule has 98 valence electrons. The van der Waals surface area contributed by atoms with E-state index in [-0.39, 0.29) is 23.3 Å². The summed E-state index contributed by atoms with van der Waals surface area (Å²) in [6.07, 6.45) is 0.808. The summed E-state index contributed by atoms with van der Waals surface area (Å²) in [4.78, 5) is 11.3. The molecular formula is C12H14ClFN2OS. The SMILES string of the molecule is CC1CC(SCc2c(F)cccc2Cl)NC(=O)N1. The molecule has 2 amide bonds. The van der Waals surface area contributed by atoms with Crippen LogP contribution in [0.5, 0.6) is 0 Å². The monoisotopic (exact) mass is 288 g/mol. The van der Waals surface area contributed by atoms with E-state index >= 15 is 0 Å². The van der Waals surface area contributed by atoms with Crippen molar-refractivity contribution < 1.29 is 9.18 Å². The first-order chi connectivity index (χ1) is 8.56. The minimum Gasteiger partial charge on any atom is -0.336 e. The van der Waals surface area contributed by atoms with Gasteiger partial charge in [0.1, 0.15) is 5.82 Å². The van der Waals surface area contributed by atoms with E-state index in [1.165, 1.54) is 17.8 Å². The van der Waals surface area contributed by atoms with Crippen molar-refractivity contribution >= 4 is 29.4 Å². The fourth-order valence-corrected chi connectivity index (χ4v) is 3.40. The smallest absolute Gasteiger partial charge is 0.315 e. The van der Waals surface area contributed by atoms with Crippen molar-refractivity contribution in [2.45, 2.75) is 30.5 Å². The van der Waals surface area contributed by atoms with Crippen LogP contribution < -0.4 is 10.6 Å². The molecular weight excluding hydrogens is 275 g/mol. The molecule has 0 aliphatic carbocycles. The van der Waals surface area contributed by atoms with Crippen LogP contribution in [0.25, 0.3) is 0 Å². The van der Waals surface area contributed by atoms with E-state index in [2.05, 4.69) is 10.6 Å². The molecule has 2 N–H and O–H groups in total. The third-order valence-corrected chi connectivity index (χ3v) is 4.25. The topological polar surface area (TPSA) is 41.1 Å². The minimum atomic E-state index is -0.302. The number of halogens is 2. The summed E-state index contributed by atoms with van der Waals surface area (Å²) in [5.74, 6) is 0.145. The average molecular weight is 289 g/mol. The van der Waals surface area contributed by atoms with Gasteiger partial charge in [-0.25, -0.2) is 9.18 Å². The predicted molar refractivity (Wildman–Crippen MR) is 72.2 cm³/mol. The lowest BCUT2D eigenvalue weighted by molar-refractivity contribution is 0.228. The number of nitrogens with one attached hydrogen (secondary N) is 2. The van der Waals surface area contributed by atoms with Crippen molar-refractivity contribution in [3.63, 3.8) is 0 Å². The van der Waals surface area contributed by atoms with Crippen LogP contribution in [-0.4, -0.2) is 17.4 Å². The van der Waals surface area contributed by atoms with Gasteiger partial charge in [0.15, 0.2) is 0 Å². The molecule has 1 aliphatic rings. The van der Waals surface area contributed by atoms with Crippen molar-refractivity contribution in [2.24, 2.45) is 0 Å². The van der Waals surface area contributed by atoms with Gasteiger partial charge in [0.2, 0.25) is 0 Å². The van der Waals surface area contributed by atoms with E-state index in [1.807, 2.05) is 6.92 Å². The highest BCUT2D eigenvalue weighted by Gasteiger charge is 2.23. The van der Waals surface area contributed by atoms with Crippen molar-refractivity contribution in [3.05, 3.63) is 34.6 Å². The van der Waals surface area contributed by atoms with Crippen LogP contribution >= 0.6 is 23.4 Å². The molecule has 2 unspecified atom stereocenters. The highest BCUT2D eigenvalue weighted by atomic mass is 35.5. The normalized spacial score (nSPS) is 23.4. The Labute approximate surface area is 114 Å². The van der Waals surface area contributed by atoms with Gasteiger partial charge in [-0.05, 0) is 25.5 Å². The molecule has 0 spiro atoms. The number of benzene rings is 1. The maximum absolute atomic E-state index is 13.6. The maximum atomic E-state index is 13.6. The summed E-state index contributed by atoms with van der Waals surface area (Å²) in [7, 11) is 0. The summed E-state index contributed by atoms with van der Waals surface area (Å²) in [6.45, 7) is 1.95. The standard InChI is InChI=1S/C12H14ClFN2OS/c1-7-5-11(16-12(17)15-7)18-6-8-9(13)3-2-4-10(8)14/h2-4,7,11H,5-6H2,1H3,(H2,15,16,17). The molecule has 0 bridgehead atoms. The van der Waals surface area contributed by atoms with E-state index in [1.54, 1.807) is 12.1 Å². The number of urea groups is 1. The lowest BCUT2D eigenvalue weighted by Gasteiger charge is -2.28. The van der Waals surface area contributed by atoms with Crippen LogP contribution in [0.15, 0.2) is 18.2 Å². The molecule has 1 saturated heterocycles. The molecule has 0 radical (unpaired) electrons. The van der Waals surface area contributed by atoms with E-state index in [0.717, 1.165) is 6.42 Å². The van der Waals surface area contributed by atoms with Gasteiger partial charge in [-0.3, -0.25) is 0 Å². The van der Waals surface area contributed by atoms with Crippen molar-refractivity contribution in [2.75, 3.05) is 0 Å². The van der Waals surface area contributed by atoms with Gasteiger partial charge in [0, 0.05) is 22.4 Å². The molecule has 18 heavy (non-hydrogen) atoms. The quantitative estimate of drug-likeness (QED) is 0.897. The zero-order chi connectivity index (χ0) is 13.1. The molecule has 1 fully saturated rings. The Kier molecular flexibility index (Phi) is 4.35. The van der Waals surface area contributed by atoms with Gasteiger partial charge in [0.25, 0.3) is 0 Å². The van der Waals surface area contributed by atoms with Gasteiger partial charge < -0.3 is 10.6 Å². The highest BCUT2D eigenvalue weighted by molar-refractivity contribution is 7.99. The number of rotatable bonds is 3. The Morgan fingerprint density at radius 3 is 2.94 bits per heavy atom. The number of carbonyl (C=O) groups excluding carboxylic acids is 1. The fraction of sp³-hybridized carbons (Fsp3) is 0.417. The van der Waals surface area contributed by atoms with Crippen LogP contribution in [0.3, 0.4) is 0 Å². The van der Waals surface area contributed by atoms with Gasteiger partial charge >= 0.3 is 6.03 Å². The molecule has 0 aromatic heterocycles. The second-order valence-electron chi connectivity index (χ2n) is 4.25. The molecule has 2 atom stereocenters. The molecule has 1 aromatic rings. The predicted octanol–water partition coefficient (Wildman–Crippen LogP) is 3.13. The van der Waals surface area contributed by atoms with Gasteiger partial charge in [-0.2, -0.15) is 0 Å². The van der Waals surface area contributed by atoms with Crippen molar-refractivity contribution in [3.8, 4) is 0 Å². The summed E-state index contributed by atoms with van der Waals surface area (Å²) in [6, 6.07) is 4.61. The zero-order valence-corrected chi connectivity index (χ0v) is 11.4.